The average molecular weight is 602 g/mol. The molecule has 0 aliphatic heterocycles. The van der Waals surface area contributed by atoms with Gasteiger partial charge in [-0.2, -0.15) is 0 Å². The van der Waals surface area contributed by atoms with Crippen LogP contribution in [0.5, 0.6) is 0 Å². The molecular weight excluding hydrogens is 525 g/mol. The molecule has 0 amide bonds. The Kier molecular flexibility index (Phi) is 30.2. The molecule has 247 valence electrons. The van der Waals surface area contributed by atoms with Crippen LogP contribution in [0.15, 0.2) is 0 Å². The number of rotatable bonds is 34. The molecule has 0 spiro atoms. The maximum Gasteiger partial charge on any atom is 0.328 e. The smallest absolute Gasteiger partial charge is 0.328 e. The van der Waals surface area contributed by atoms with Gasteiger partial charge in [0.25, 0.3) is 0 Å². The van der Waals surface area contributed by atoms with E-state index in [1.54, 1.807) is 0 Å². The fourth-order valence-corrected chi connectivity index (χ4v) is 6.64. The van der Waals surface area contributed by atoms with Crippen LogP contribution >= 0.6 is 7.60 Å². The molecule has 41 heavy (non-hydrogen) atoms. The number of hydrogen-bond acceptors (Lipinski definition) is 2. The normalized spacial score (nSPS) is 13.6. The van der Waals surface area contributed by atoms with Crippen LogP contribution < -0.4 is 0 Å². The van der Waals surface area contributed by atoms with Gasteiger partial charge in [-0.3, -0.25) is 4.57 Å². The van der Waals surface area contributed by atoms with Gasteiger partial charge in [0.2, 0.25) is 0 Å². The summed E-state index contributed by atoms with van der Waals surface area (Å²) in [6.07, 6.45) is 41.1. The van der Waals surface area contributed by atoms with Crippen molar-refractivity contribution < 1.29 is 18.5 Å². The molecule has 1 unspecified atom stereocenters. The minimum Gasteiger partial charge on any atom is -0.329 e. The molecule has 0 aliphatic rings. The first-order chi connectivity index (χ1) is 19.8. The molecule has 0 aromatic carbocycles. The van der Waals surface area contributed by atoms with E-state index in [0.717, 1.165) is 23.9 Å². The van der Waals surface area contributed by atoms with Crippen LogP contribution in [0.3, 0.4) is 0 Å². The number of unbranched alkanes of at least 4 members (excludes halogenated alkanes) is 28. The quantitative estimate of drug-likeness (QED) is 0.0453. The molecule has 0 rings (SSSR count). The van der Waals surface area contributed by atoms with Gasteiger partial charge < -0.3 is 13.9 Å². The zero-order chi connectivity index (χ0) is 30.3. The van der Waals surface area contributed by atoms with Crippen molar-refractivity contribution in [1.29, 1.82) is 0 Å². The maximum absolute atomic E-state index is 12.1. The molecule has 0 aromatic rings. The highest BCUT2D eigenvalue weighted by molar-refractivity contribution is 7.52. The first-order valence-electron chi connectivity index (χ1n) is 18.4. The Morgan fingerprint density at radius 2 is 0.854 bits per heavy atom. The molecule has 0 fully saturated rings. The van der Waals surface area contributed by atoms with Gasteiger partial charge in [0.15, 0.2) is 0 Å². The van der Waals surface area contributed by atoms with Crippen LogP contribution in [-0.4, -0.2) is 49.8 Å². The van der Waals surface area contributed by atoms with Gasteiger partial charge in [0.05, 0.1) is 21.1 Å². The largest absolute Gasteiger partial charge is 0.329 e. The van der Waals surface area contributed by atoms with Crippen molar-refractivity contribution in [3.8, 4) is 0 Å². The minimum atomic E-state index is -3.39. The molecule has 5 heteroatoms. The lowest BCUT2D eigenvalue weighted by Crippen LogP contribution is -2.37. The summed E-state index contributed by atoms with van der Waals surface area (Å²) in [7, 11) is 2.80. The summed E-state index contributed by atoms with van der Waals surface area (Å²) in [6.45, 7) is 3.41. The maximum atomic E-state index is 12.1. The molecular formula is C36H76NO3P+. The average Bonchev–Trinajstić information content (AvgIpc) is 2.91. The summed E-state index contributed by atoms with van der Waals surface area (Å²) in [4.78, 5) is 9.94. The second-order valence-electron chi connectivity index (χ2n) is 13.9. The molecule has 0 saturated carbocycles. The monoisotopic (exact) mass is 602 g/mol. The van der Waals surface area contributed by atoms with Crippen molar-refractivity contribution in [2.75, 3.05) is 40.5 Å². The molecule has 1 radical (unpaired) electrons. The predicted octanol–water partition coefficient (Wildman–Crippen LogP) is 12.0. The Hall–Kier alpha value is 0.110. The first-order valence-corrected chi connectivity index (χ1v) is 20.1. The van der Waals surface area contributed by atoms with Gasteiger partial charge in [-0.15, -0.1) is 0 Å². The third-order valence-electron chi connectivity index (χ3n) is 8.42. The van der Waals surface area contributed by atoms with Crippen LogP contribution in [0, 0.1) is 6.42 Å². The Labute approximate surface area is 259 Å². The summed E-state index contributed by atoms with van der Waals surface area (Å²) in [6, 6.07) is 0. The Bertz CT molecular complexity index is 564. The number of nitrogens with zero attached hydrogens (tertiary/aromatic N) is 1. The fraction of sp³-hybridized carbons (Fsp3) is 0.972. The molecule has 0 aliphatic carbocycles. The third-order valence-corrected chi connectivity index (χ3v) is 9.88. The Morgan fingerprint density at radius 3 is 1.20 bits per heavy atom. The van der Waals surface area contributed by atoms with E-state index >= 15 is 0 Å². The van der Waals surface area contributed by atoms with Crippen LogP contribution in [0.25, 0.3) is 0 Å². The van der Waals surface area contributed by atoms with Crippen LogP contribution in [-0.2, 0) is 9.09 Å². The molecule has 0 saturated heterocycles. The lowest BCUT2D eigenvalue weighted by molar-refractivity contribution is -0.870. The second kappa shape index (κ2) is 30.1. The van der Waals surface area contributed by atoms with Crippen LogP contribution in [0.1, 0.15) is 187 Å². The van der Waals surface area contributed by atoms with Crippen molar-refractivity contribution in [2.45, 2.75) is 187 Å². The van der Waals surface area contributed by atoms with E-state index in [-0.39, 0.29) is 0 Å². The van der Waals surface area contributed by atoms with Crippen molar-refractivity contribution in [1.82, 2.24) is 0 Å². The molecule has 0 heterocycles. The van der Waals surface area contributed by atoms with Gasteiger partial charge in [0.1, 0.15) is 13.2 Å². The van der Waals surface area contributed by atoms with E-state index in [9.17, 15) is 9.46 Å². The number of likely N-dealkylation sites (N-methyl/N-ethyl adjacent to an activating group) is 1. The zero-order valence-corrected chi connectivity index (χ0v) is 29.6. The van der Waals surface area contributed by atoms with E-state index in [1.165, 1.54) is 167 Å². The number of hydrogen-bond donors (Lipinski definition) is 1. The van der Waals surface area contributed by atoms with Gasteiger partial charge in [0, 0.05) is 6.16 Å². The van der Waals surface area contributed by atoms with Gasteiger partial charge >= 0.3 is 7.60 Å². The topological polar surface area (TPSA) is 46.5 Å². The lowest BCUT2D eigenvalue weighted by Gasteiger charge is -2.24. The highest BCUT2D eigenvalue weighted by Gasteiger charge is 2.20. The highest BCUT2D eigenvalue weighted by atomic mass is 31.2. The van der Waals surface area contributed by atoms with E-state index in [4.69, 9.17) is 4.52 Å². The summed E-state index contributed by atoms with van der Waals surface area (Å²) in [5, 5.41) is 0. The molecule has 0 aromatic heterocycles. The predicted molar refractivity (Wildman–Crippen MR) is 183 cm³/mol. The highest BCUT2D eigenvalue weighted by Crippen LogP contribution is 2.42. The summed E-state index contributed by atoms with van der Waals surface area (Å²) < 4.78 is 18.1. The Morgan fingerprint density at radius 1 is 0.537 bits per heavy atom. The van der Waals surface area contributed by atoms with E-state index in [2.05, 4.69) is 34.5 Å². The van der Waals surface area contributed by atoms with Gasteiger partial charge in [-0.25, -0.2) is 0 Å². The molecule has 1 N–H and O–H groups in total. The first kappa shape index (κ1) is 41.1. The van der Waals surface area contributed by atoms with Crippen molar-refractivity contribution in [2.24, 2.45) is 0 Å². The summed E-state index contributed by atoms with van der Waals surface area (Å²) >= 11 is 0. The van der Waals surface area contributed by atoms with E-state index < -0.39 is 7.60 Å². The van der Waals surface area contributed by atoms with E-state index in [0.29, 0.717) is 12.8 Å². The standard InChI is InChI=1S/C36H75NO3P/c1-5-6-7-8-9-10-11-12-13-14-15-16-17-18-19-20-21-22-23-24-25-26-27-28-29-30-31-32-33-36-41(38,39)40-35-34-37(2,3)4/h19H,5-18,20-36H2,1-4H3/p+1. The Balaban J connectivity index is 3.17. The van der Waals surface area contributed by atoms with Crippen molar-refractivity contribution >= 4 is 7.60 Å². The second-order valence-corrected chi connectivity index (χ2v) is 15.9. The molecule has 4 nitrogen and oxygen atoms in total. The lowest BCUT2D eigenvalue weighted by atomic mass is 10.0. The fourth-order valence-electron chi connectivity index (χ4n) is 5.52. The van der Waals surface area contributed by atoms with Crippen molar-refractivity contribution in [3.63, 3.8) is 0 Å². The van der Waals surface area contributed by atoms with Crippen LogP contribution in [0.4, 0.5) is 0 Å². The summed E-state index contributed by atoms with van der Waals surface area (Å²) in [5.41, 5.74) is 0. The van der Waals surface area contributed by atoms with Crippen LogP contribution in [0.2, 0.25) is 0 Å². The summed E-state index contributed by atoms with van der Waals surface area (Å²) in [5.74, 6) is 0. The molecule has 0 bridgehead atoms. The zero-order valence-electron chi connectivity index (χ0n) is 28.7. The molecule has 1 atom stereocenters. The minimum absolute atomic E-state index is 0.307. The van der Waals surface area contributed by atoms with Gasteiger partial charge in [-0.05, 0) is 12.8 Å². The SMILES string of the molecule is CCCCCCCCCCCCCCC[CH]CCCCCCCCCCCCCCCP(=O)(O)OCC[N+](C)(C)C. The van der Waals surface area contributed by atoms with E-state index in [1.807, 2.05) is 0 Å². The number of quaternary nitrogens is 1. The van der Waals surface area contributed by atoms with Crippen molar-refractivity contribution in [3.05, 3.63) is 6.42 Å². The van der Waals surface area contributed by atoms with Gasteiger partial charge in [-0.1, -0.05) is 180 Å². The third kappa shape index (κ3) is 36.2.